The van der Waals surface area contributed by atoms with Crippen LogP contribution >= 0.6 is 0 Å². The van der Waals surface area contributed by atoms with Crippen molar-refractivity contribution < 1.29 is 4.74 Å². The lowest BCUT2D eigenvalue weighted by atomic mass is 9.89. The first-order valence-electron chi connectivity index (χ1n) is 13.9. The molecule has 4 heteroatoms. The summed E-state index contributed by atoms with van der Waals surface area (Å²) in [7, 11) is 0. The molecule has 3 aromatic carbocycles. The van der Waals surface area contributed by atoms with Crippen molar-refractivity contribution in [3.05, 3.63) is 94.0 Å². The second-order valence-electron chi connectivity index (χ2n) is 11.6. The highest BCUT2D eigenvalue weighted by Crippen LogP contribution is 2.43. The zero-order chi connectivity index (χ0) is 26.0. The van der Waals surface area contributed by atoms with Gasteiger partial charge in [0, 0.05) is 36.7 Å². The molecule has 3 N–H and O–H groups in total. The number of benzene rings is 3. The van der Waals surface area contributed by atoms with Gasteiger partial charge in [0.15, 0.2) is 0 Å². The maximum atomic E-state index is 6.55. The summed E-state index contributed by atoms with van der Waals surface area (Å²) in [5.74, 6) is 2.20. The Balaban J connectivity index is 1.13. The lowest BCUT2D eigenvalue weighted by Gasteiger charge is -2.35. The van der Waals surface area contributed by atoms with Crippen molar-refractivity contribution in [2.24, 2.45) is 5.92 Å². The fourth-order valence-corrected chi connectivity index (χ4v) is 6.26. The minimum absolute atomic E-state index is 0.211. The molecule has 37 heavy (non-hydrogen) atoms. The summed E-state index contributed by atoms with van der Waals surface area (Å²) in [6.45, 7) is 13.9. The number of nitrogens with one attached hydrogen (secondary N) is 1. The summed E-state index contributed by atoms with van der Waals surface area (Å²) in [5, 5.41) is 3.77. The van der Waals surface area contributed by atoms with Gasteiger partial charge in [0.05, 0.1) is 0 Å². The van der Waals surface area contributed by atoms with Crippen LogP contribution in [0.3, 0.4) is 0 Å². The topological polar surface area (TPSA) is 50.5 Å². The van der Waals surface area contributed by atoms with Crippen LogP contribution in [0.15, 0.2) is 60.7 Å². The summed E-state index contributed by atoms with van der Waals surface area (Å²) >= 11 is 0. The van der Waals surface area contributed by atoms with E-state index < -0.39 is 0 Å². The highest BCUT2D eigenvalue weighted by Gasteiger charge is 2.38. The van der Waals surface area contributed by atoms with Crippen LogP contribution in [0.2, 0.25) is 0 Å². The SMILES string of the molecule is Cc1c(C)c2c(c(C)c1N)CC(C)(CNCC1CCN(CC(c3ccccc3)c3ccccc3)CC1)O2. The fraction of sp³-hybridized carbons (Fsp3) is 0.455. The van der Waals surface area contributed by atoms with E-state index in [2.05, 4.69) is 98.6 Å². The maximum Gasteiger partial charge on any atom is 0.127 e. The number of fused-ring (bicyclic) bond motifs is 1. The zero-order valence-corrected chi connectivity index (χ0v) is 23.0. The molecule has 0 radical (unpaired) electrons. The summed E-state index contributed by atoms with van der Waals surface area (Å²) < 4.78 is 6.55. The Morgan fingerprint density at radius 1 is 0.919 bits per heavy atom. The smallest absolute Gasteiger partial charge is 0.127 e. The van der Waals surface area contributed by atoms with Gasteiger partial charge in [-0.2, -0.15) is 0 Å². The van der Waals surface area contributed by atoms with Gasteiger partial charge >= 0.3 is 0 Å². The van der Waals surface area contributed by atoms with Crippen LogP contribution in [0.5, 0.6) is 5.75 Å². The van der Waals surface area contributed by atoms with Gasteiger partial charge < -0.3 is 20.7 Å². The number of nitrogens with two attached hydrogens (primary N) is 1. The number of likely N-dealkylation sites (tertiary alicyclic amines) is 1. The predicted octanol–water partition coefficient (Wildman–Crippen LogP) is 6.02. The van der Waals surface area contributed by atoms with Gasteiger partial charge in [0.2, 0.25) is 0 Å². The van der Waals surface area contributed by atoms with Crippen molar-refractivity contribution in [2.45, 2.75) is 58.5 Å². The van der Waals surface area contributed by atoms with Gasteiger partial charge in [-0.25, -0.2) is 0 Å². The quantitative estimate of drug-likeness (QED) is 0.374. The molecule has 1 saturated heterocycles. The number of piperidine rings is 1. The van der Waals surface area contributed by atoms with Crippen LogP contribution in [-0.4, -0.2) is 43.2 Å². The molecule has 0 saturated carbocycles. The van der Waals surface area contributed by atoms with Gasteiger partial charge in [-0.1, -0.05) is 60.7 Å². The number of hydrogen-bond donors (Lipinski definition) is 2. The van der Waals surface area contributed by atoms with Crippen molar-refractivity contribution in [2.75, 3.05) is 38.5 Å². The first kappa shape index (κ1) is 25.8. The van der Waals surface area contributed by atoms with Crippen molar-refractivity contribution in [1.29, 1.82) is 0 Å². The Morgan fingerprint density at radius 2 is 1.51 bits per heavy atom. The van der Waals surface area contributed by atoms with E-state index in [1.54, 1.807) is 0 Å². The first-order chi connectivity index (χ1) is 17.8. The van der Waals surface area contributed by atoms with Gasteiger partial charge in [0.1, 0.15) is 11.4 Å². The van der Waals surface area contributed by atoms with Crippen LogP contribution in [0.4, 0.5) is 5.69 Å². The summed E-state index contributed by atoms with van der Waals surface area (Å²) in [6.07, 6.45) is 3.41. The first-order valence-corrected chi connectivity index (χ1v) is 13.9. The van der Waals surface area contributed by atoms with E-state index in [1.165, 1.54) is 53.7 Å². The molecule has 2 aliphatic heterocycles. The highest BCUT2D eigenvalue weighted by atomic mass is 16.5. The predicted molar refractivity (Wildman–Crippen MR) is 155 cm³/mol. The number of nitrogen functional groups attached to an aromatic ring is 1. The maximum absolute atomic E-state index is 6.55. The summed E-state index contributed by atoms with van der Waals surface area (Å²) in [5.41, 5.74) is 14.7. The second-order valence-corrected chi connectivity index (χ2v) is 11.6. The lowest BCUT2D eigenvalue weighted by Crippen LogP contribution is -2.45. The highest BCUT2D eigenvalue weighted by molar-refractivity contribution is 5.66. The van der Waals surface area contributed by atoms with E-state index in [4.69, 9.17) is 10.5 Å². The van der Waals surface area contributed by atoms with Crippen molar-refractivity contribution in [3.63, 3.8) is 0 Å². The Bertz CT molecular complexity index is 1120. The van der Waals surface area contributed by atoms with E-state index in [1.807, 2.05) is 0 Å². The van der Waals surface area contributed by atoms with Gasteiger partial charge in [0.25, 0.3) is 0 Å². The van der Waals surface area contributed by atoms with E-state index in [9.17, 15) is 0 Å². The van der Waals surface area contributed by atoms with E-state index in [0.29, 0.717) is 5.92 Å². The molecular formula is C33H43N3O. The molecule has 0 spiro atoms. The molecule has 0 amide bonds. The number of ether oxygens (including phenoxy) is 1. The zero-order valence-electron chi connectivity index (χ0n) is 23.0. The molecule has 1 unspecified atom stereocenters. The third kappa shape index (κ3) is 5.56. The molecule has 2 heterocycles. The van der Waals surface area contributed by atoms with Crippen LogP contribution in [-0.2, 0) is 6.42 Å². The van der Waals surface area contributed by atoms with E-state index >= 15 is 0 Å². The molecule has 0 aromatic heterocycles. The number of rotatable bonds is 8. The third-order valence-corrected chi connectivity index (χ3v) is 8.82. The van der Waals surface area contributed by atoms with Crippen molar-refractivity contribution in [3.8, 4) is 5.75 Å². The molecule has 3 aromatic rings. The molecule has 0 bridgehead atoms. The summed E-state index contributed by atoms with van der Waals surface area (Å²) in [6, 6.07) is 22.0. The van der Waals surface area contributed by atoms with Gasteiger partial charge in [-0.3, -0.25) is 0 Å². The van der Waals surface area contributed by atoms with Crippen LogP contribution < -0.4 is 15.8 Å². The van der Waals surface area contributed by atoms with Crippen molar-refractivity contribution >= 4 is 5.69 Å². The van der Waals surface area contributed by atoms with Crippen LogP contribution in [0.25, 0.3) is 0 Å². The third-order valence-electron chi connectivity index (χ3n) is 8.82. The molecular weight excluding hydrogens is 454 g/mol. The molecule has 5 rings (SSSR count). The van der Waals surface area contributed by atoms with E-state index in [-0.39, 0.29) is 5.60 Å². The number of anilines is 1. The standard InChI is InChI=1S/C33H43N3O/c1-23-24(2)32-29(25(3)31(23)34)19-33(4,37-32)22-35-20-26-15-17-36(18-16-26)21-30(27-11-7-5-8-12-27)28-13-9-6-10-14-28/h5-14,26,30,35H,15-22,34H2,1-4H3. The molecule has 0 aliphatic carbocycles. The molecule has 2 aliphatic rings. The van der Waals surface area contributed by atoms with Crippen LogP contribution in [0, 0.1) is 26.7 Å². The molecule has 196 valence electrons. The average molecular weight is 498 g/mol. The lowest BCUT2D eigenvalue weighted by molar-refractivity contribution is 0.108. The molecule has 4 nitrogen and oxygen atoms in total. The Kier molecular flexibility index (Phi) is 7.60. The Morgan fingerprint density at radius 3 is 2.11 bits per heavy atom. The molecule has 1 fully saturated rings. The van der Waals surface area contributed by atoms with Crippen LogP contribution in [0.1, 0.15) is 59.1 Å². The van der Waals surface area contributed by atoms with Gasteiger partial charge in [-0.05, 0) is 93.9 Å². The largest absolute Gasteiger partial charge is 0.485 e. The monoisotopic (exact) mass is 497 g/mol. The number of nitrogens with zero attached hydrogens (tertiary/aromatic N) is 1. The Hall–Kier alpha value is -2.82. The molecule has 1 atom stereocenters. The minimum Gasteiger partial charge on any atom is -0.485 e. The van der Waals surface area contributed by atoms with Gasteiger partial charge in [-0.15, -0.1) is 0 Å². The second kappa shape index (κ2) is 10.9. The fourth-order valence-electron chi connectivity index (χ4n) is 6.26. The normalized spacial score (nSPS) is 20.2. The summed E-state index contributed by atoms with van der Waals surface area (Å²) in [4.78, 5) is 2.66. The average Bonchev–Trinajstić information content (AvgIpc) is 3.29. The Labute approximate surface area is 223 Å². The minimum atomic E-state index is -0.211. The van der Waals surface area contributed by atoms with Crippen molar-refractivity contribution in [1.82, 2.24) is 10.2 Å². The van der Waals surface area contributed by atoms with E-state index in [0.717, 1.165) is 49.0 Å². The number of hydrogen-bond acceptors (Lipinski definition) is 4.